The minimum absolute atomic E-state index is 0.0952. The summed E-state index contributed by atoms with van der Waals surface area (Å²) in [6, 6.07) is 0. The van der Waals surface area contributed by atoms with Gasteiger partial charge in [-0.2, -0.15) is 0 Å². The van der Waals surface area contributed by atoms with Crippen molar-refractivity contribution in [3.8, 4) is 0 Å². The number of aliphatic hydroxyl groups excluding tert-OH is 1. The first-order valence-corrected chi connectivity index (χ1v) is 6.91. The van der Waals surface area contributed by atoms with E-state index in [4.69, 9.17) is 4.74 Å². The monoisotopic (exact) mass is 241 g/mol. The Hall–Kier alpha value is -0.120. The van der Waals surface area contributed by atoms with E-state index >= 15 is 0 Å². The van der Waals surface area contributed by atoms with Gasteiger partial charge in [0.05, 0.1) is 17.3 Å². The fourth-order valence-electron chi connectivity index (χ4n) is 3.65. The Balaban J connectivity index is 2.05. The lowest BCUT2D eigenvalue weighted by Gasteiger charge is -2.36. The summed E-state index contributed by atoms with van der Waals surface area (Å²) in [6.07, 6.45) is 2.93. The van der Waals surface area contributed by atoms with Crippen molar-refractivity contribution >= 4 is 0 Å². The van der Waals surface area contributed by atoms with Gasteiger partial charge in [-0.3, -0.25) is 0 Å². The molecule has 2 fully saturated rings. The van der Waals surface area contributed by atoms with Gasteiger partial charge < -0.3 is 15.2 Å². The lowest BCUT2D eigenvalue weighted by molar-refractivity contribution is -0.0950. The molecule has 0 amide bonds. The molecule has 3 nitrogen and oxygen atoms in total. The zero-order valence-corrected chi connectivity index (χ0v) is 11.6. The Labute approximate surface area is 105 Å². The van der Waals surface area contributed by atoms with Crippen molar-refractivity contribution in [3.05, 3.63) is 0 Å². The van der Waals surface area contributed by atoms with Gasteiger partial charge in [0.1, 0.15) is 0 Å². The Kier molecular flexibility index (Phi) is 3.54. The highest BCUT2D eigenvalue weighted by atomic mass is 16.5. The summed E-state index contributed by atoms with van der Waals surface area (Å²) < 4.78 is 6.09. The van der Waals surface area contributed by atoms with Crippen LogP contribution >= 0.6 is 0 Å². The van der Waals surface area contributed by atoms with Crippen LogP contribution in [0.3, 0.4) is 0 Å². The number of rotatable bonds is 2. The Morgan fingerprint density at radius 3 is 2.24 bits per heavy atom. The molecule has 0 radical (unpaired) electrons. The van der Waals surface area contributed by atoms with E-state index in [2.05, 4.69) is 33.0 Å². The molecule has 0 saturated carbocycles. The molecule has 3 heteroatoms. The maximum Gasteiger partial charge on any atom is 0.0687 e. The number of ether oxygens (including phenoxy) is 1. The Morgan fingerprint density at radius 1 is 1.18 bits per heavy atom. The fourth-order valence-corrected chi connectivity index (χ4v) is 3.65. The average Bonchev–Trinajstić information content (AvgIpc) is 2.47. The second-order valence-corrected chi connectivity index (χ2v) is 6.85. The highest BCUT2D eigenvalue weighted by Crippen LogP contribution is 2.45. The van der Waals surface area contributed by atoms with Gasteiger partial charge in [0, 0.05) is 5.92 Å². The minimum atomic E-state index is -0.214. The standard InChI is InChI=1S/C14H27NO2/c1-13(2)9-11(14(3,4)17-13)12(16)10-5-7-15-8-6-10/h10-12,15-16H,5-9H2,1-4H3. The topological polar surface area (TPSA) is 41.5 Å². The van der Waals surface area contributed by atoms with Crippen LogP contribution in [0.15, 0.2) is 0 Å². The molecule has 0 aromatic rings. The molecule has 0 bridgehead atoms. The van der Waals surface area contributed by atoms with Crippen LogP contribution in [0, 0.1) is 11.8 Å². The number of piperidine rings is 1. The predicted molar refractivity (Wildman–Crippen MR) is 69.0 cm³/mol. The molecule has 0 spiro atoms. The molecule has 17 heavy (non-hydrogen) atoms. The van der Waals surface area contributed by atoms with Crippen molar-refractivity contribution in [2.75, 3.05) is 13.1 Å². The van der Waals surface area contributed by atoms with E-state index in [1.165, 1.54) is 0 Å². The highest BCUT2D eigenvalue weighted by molar-refractivity contribution is 4.99. The van der Waals surface area contributed by atoms with Crippen molar-refractivity contribution in [1.29, 1.82) is 0 Å². The lowest BCUT2D eigenvalue weighted by Crippen LogP contribution is -2.43. The van der Waals surface area contributed by atoms with Crippen LogP contribution in [-0.4, -0.2) is 35.5 Å². The molecule has 0 aromatic carbocycles. The summed E-state index contributed by atoms with van der Waals surface area (Å²) in [5.41, 5.74) is -0.296. The molecule has 2 saturated heterocycles. The molecule has 2 aliphatic rings. The minimum Gasteiger partial charge on any atom is -0.392 e. The first kappa shape index (κ1) is 13.3. The maximum atomic E-state index is 10.6. The molecular formula is C14H27NO2. The predicted octanol–water partition coefficient (Wildman–Crippen LogP) is 1.94. The van der Waals surface area contributed by atoms with Crippen LogP contribution in [0.5, 0.6) is 0 Å². The molecule has 2 heterocycles. The quantitative estimate of drug-likeness (QED) is 0.776. The molecular weight excluding hydrogens is 214 g/mol. The van der Waals surface area contributed by atoms with E-state index < -0.39 is 0 Å². The normalized spacial score (nSPS) is 34.8. The second-order valence-electron chi connectivity index (χ2n) is 6.85. The van der Waals surface area contributed by atoms with E-state index in [0.29, 0.717) is 5.92 Å². The summed E-state index contributed by atoms with van der Waals surface area (Å²) in [7, 11) is 0. The largest absolute Gasteiger partial charge is 0.392 e. The number of aliphatic hydroxyl groups is 1. The summed E-state index contributed by atoms with van der Waals surface area (Å²) in [5, 5.41) is 14.0. The number of nitrogens with one attached hydrogen (secondary N) is 1. The summed E-state index contributed by atoms with van der Waals surface area (Å²) in [4.78, 5) is 0. The van der Waals surface area contributed by atoms with Gasteiger partial charge in [0.25, 0.3) is 0 Å². The second kappa shape index (κ2) is 4.52. The lowest BCUT2D eigenvalue weighted by atomic mass is 9.76. The van der Waals surface area contributed by atoms with Crippen LogP contribution in [0.1, 0.15) is 47.0 Å². The molecule has 0 aromatic heterocycles. The molecule has 2 rings (SSSR count). The molecule has 2 N–H and O–H groups in total. The van der Waals surface area contributed by atoms with Crippen molar-refractivity contribution < 1.29 is 9.84 Å². The van der Waals surface area contributed by atoms with Crippen molar-refractivity contribution in [1.82, 2.24) is 5.32 Å². The third-order valence-electron chi connectivity index (χ3n) is 4.42. The van der Waals surface area contributed by atoms with Crippen molar-refractivity contribution in [3.63, 3.8) is 0 Å². The highest BCUT2D eigenvalue weighted by Gasteiger charge is 2.50. The van der Waals surface area contributed by atoms with Gasteiger partial charge in [-0.1, -0.05) is 0 Å². The van der Waals surface area contributed by atoms with E-state index in [0.717, 1.165) is 32.4 Å². The van der Waals surface area contributed by atoms with Gasteiger partial charge in [-0.25, -0.2) is 0 Å². The SMILES string of the molecule is CC1(C)CC(C(O)C2CCNCC2)C(C)(C)O1. The van der Waals surface area contributed by atoms with Crippen LogP contribution in [0.25, 0.3) is 0 Å². The molecule has 100 valence electrons. The van der Waals surface area contributed by atoms with Crippen molar-refractivity contribution in [2.24, 2.45) is 11.8 Å². The van der Waals surface area contributed by atoms with Crippen LogP contribution in [-0.2, 0) is 4.74 Å². The van der Waals surface area contributed by atoms with Gasteiger partial charge in [0.2, 0.25) is 0 Å². The molecule has 2 unspecified atom stereocenters. The van der Waals surface area contributed by atoms with Gasteiger partial charge in [0.15, 0.2) is 0 Å². The summed E-state index contributed by atoms with van der Waals surface area (Å²) >= 11 is 0. The van der Waals surface area contributed by atoms with Gasteiger partial charge >= 0.3 is 0 Å². The van der Waals surface area contributed by atoms with Crippen LogP contribution in [0.2, 0.25) is 0 Å². The average molecular weight is 241 g/mol. The van der Waals surface area contributed by atoms with Gasteiger partial charge in [-0.15, -0.1) is 0 Å². The van der Waals surface area contributed by atoms with E-state index in [1.807, 2.05) is 0 Å². The first-order valence-electron chi connectivity index (χ1n) is 6.91. The number of hydrogen-bond donors (Lipinski definition) is 2. The third-order valence-corrected chi connectivity index (χ3v) is 4.42. The zero-order chi connectivity index (χ0) is 12.7. The molecule has 0 aliphatic carbocycles. The van der Waals surface area contributed by atoms with Gasteiger partial charge in [-0.05, 0) is 66.0 Å². The number of hydrogen-bond acceptors (Lipinski definition) is 3. The Bertz CT molecular complexity index is 269. The Morgan fingerprint density at radius 2 is 1.76 bits per heavy atom. The molecule has 2 aliphatic heterocycles. The molecule has 2 atom stereocenters. The third kappa shape index (κ3) is 2.83. The van der Waals surface area contributed by atoms with Crippen LogP contribution in [0.4, 0.5) is 0 Å². The van der Waals surface area contributed by atoms with Crippen molar-refractivity contribution in [2.45, 2.75) is 64.3 Å². The summed E-state index contributed by atoms with van der Waals surface area (Å²) in [5.74, 6) is 0.707. The van der Waals surface area contributed by atoms with E-state index in [1.54, 1.807) is 0 Å². The smallest absolute Gasteiger partial charge is 0.0687 e. The zero-order valence-electron chi connectivity index (χ0n) is 11.6. The van der Waals surface area contributed by atoms with E-state index in [9.17, 15) is 5.11 Å². The fraction of sp³-hybridized carbons (Fsp3) is 1.00. The van der Waals surface area contributed by atoms with Crippen LogP contribution < -0.4 is 5.32 Å². The van der Waals surface area contributed by atoms with E-state index in [-0.39, 0.29) is 23.2 Å². The summed E-state index contributed by atoms with van der Waals surface area (Å²) in [6.45, 7) is 10.6. The maximum absolute atomic E-state index is 10.6. The first-order chi connectivity index (χ1) is 7.82.